The lowest BCUT2D eigenvalue weighted by Crippen LogP contribution is -2.53. The van der Waals surface area contributed by atoms with Crippen LogP contribution in [0.2, 0.25) is 5.02 Å². The number of fused-ring (bicyclic) bond motifs is 1. The van der Waals surface area contributed by atoms with Crippen LogP contribution in [0.25, 0.3) is 0 Å². The number of carbonyl (C=O) groups is 2. The second-order valence-corrected chi connectivity index (χ2v) is 7.65. The molecule has 2 aromatic rings. The number of benzene rings is 2. The fourth-order valence-corrected chi connectivity index (χ4v) is 3.88. The molecule has 2 aromatic carbocycles. The SMILES string of the molecule is O=C([C@@H]1CN(C(=O)COc2cccc(Cl)c2)c2ccccc2O1)N1CCCCC1. The number of likely N-dealkylation sites (tertiary alicyclic amines) is 1. The van der Waals surface area contributed by atoms with Crippen molar-refractivity contribution in [3.05, 3.63) is 53.6 Å². The molecule has 0 aliphatic carbocycles. The molecule has 1 atom stereocenters. The molecule has 2 amide bonds. The molecule has 0 saturated carbocycles. The van der Waals surface area contributed by atoms with Crippen LogP contribution in [0.15, 0.2) is 48.5 Å². The van der Waals surface area contributed by atoms with Crippen LogP contribution in [-0.4, -0.2) is 49.1 Å². The lowest BCUT2D eigenvalue weighted by molar-refractivity contribution is -0.139. The Labute approximate surface area is 174 Å². The molecule has 0 bridgehead atoms. The maximum absolute atomic E-state index is 13.0. The Bertz CT molecular complexity index is 898. The Balaban J connectivity index is 1.49. The first kappa shape index (κ1) is 19.6. The fourth-order valence-electron chi connectivity index (χ4n) is 3.70. The van der Waals surface area contributed by atoms with Gasteiger partial charge in [0.2, 0.25) is 0 Å². The summed E-state index contributed by atoms with van der Waals surface area (Å²) in [4.78, 5) is 29.3. The Morgan fingerprint density at radius 1 is 1.07 bits per heavy atom. The number of amides is 2. The molecule has 6 nitrogen and oxygen atoms in total. The van der Waals surface area contributed by atoms with Gasteiger partial charge in [-0.2, -0.15) is 0 Å². The number of hydrogen-bond acceptors (Lipinski definition) is 4. The van der Waals surface area contributed by atoms with E-state index in [-0.39, 0.29) is 25.0 Å². The van der Waals surface area contributed by atoms with Crippen molar-refractivity contribution >= 4 is 29.1 Å². The van der Waals surface area contributed by atoms with Crippen molar-refractivity contribution in [3.63, 3.8) is 0 Å². The summed E-state index contributed by atoms with van der Waals surface area (Å²) in [6.07, 6.45) is 2.44. The minimum Gasteiger partial charge on any atom is -0.484 e. The minimum atomic E-state index is -0.710. The second-order valence-electron chi connectivity index (χ2n) is 7.21. The number of hydrogen-bond donors (Lipinski definition) is 0. The van der Waals surface area contributed by atoms with Crippen molar-refractivity contribution in [3.8, 4) is 11.5 Å². The van der Waals surface area contributed by atoms with Gasteiger partial charge >= 0.3 is 0 Å². The van der Waals surface area contributed by atoms with Gasteiger partial charge in [0, 0.05) is 18.1 Å². The fraction of sp³-hybridized carbons (Fsp3) is 0.364. The maximum Gasteiger partial charge on any atom is 0.265 e. The van der Waals surface area contributed by atoms with E-state index in [1.165, 1.54) is 0 Å². The Hall–Kier alpha value is -2.73. The van der Waals surface area contributed by atoms with Crippen LogP contribution in [0.3, 0.4) is 0 Å². The molecule has 7 heteroatoms. The van der Waals surface area contributed by atoms with Gasteiger partial charge in [0.1, 0.15) is 11.5 Å². The Morgan fingerprint density at radius 3 is 2.66 bits per heavy atom. The second kappa shape index (κ2) is 8.74. The average Bonchev–Trinajstić information content (AvgIpc) is 2.77. The Kier molecular flexibility index (Phi) is 5.90. The summed E-state index contributed by atoms with van der Waals surface area (Å²) < 4.78 is 11.6. The maximum atomic E-state index is 13.0. The van der Waals surface area contributed by atoms with E-state index in [0.29, 0.717) is 22.2 Å². The molecule has 2 aliphatic heterocycles. The third kappa shape index (κ3) is 4.48. The molecule has 1 fully saturated rings. The van der Waals surface area contributed by atoms with Crippen LogP contribution in [0.1, 0.15) is 19.3 Å². The largest absolute Gasteiger partial charge is 0.484 e. The van der Waals surface area contributed by atoms with Crippen molar-refractivity contribution in [2.24, 2.45) is 0 Å². The van der Waals surface area contributed by atoms with Gasteiger partial charge in [0.15, 0.2) is 12.7 Å². The van der Waals surface area contributed by atoms with E-state index in [2.05, 4.69) is 0 Å². The van der Waals surface area contributed by atoms with Crippen LogP contribution in [-0.2, 0) is 9.59 Å². The number of para-hydroxylation sites is 2. The zero-order chi connectivity index (χ0) is 20.2. The molecule has 29 heavy (non-hydrogen) atoms. The van der Waals surface area contributed by atoms with Crippen molar-refractivity contribution in [1.82, 2.24) is 4.90 Å². The zero-order valence-electron chi connectivity index (χ0n) is 16.1. The highest BCUT2D eigenvalue weighted by Gasteiger charge is 2.36. The summed E-state index contributed by atoms with van der Waals surface area (Å²) >= 11 is 5.97. The highest BCUT2D eigenvalue weighted by Crippen LogP contribution is 2.34. The third-order valence-corrected chi connectivity index (χ3v) is 5.41. The van der Waals surface area contributed by atoms with Crippen LogP contribution >= 0.6 is 11.6 Å². The van der Waals surface area contributed by atoms with E-state index >= 15 is 0 Å². The molecule has 0 N–H and O–H groups in total. The third-order valence-electron chi connectivity index (χ3n) is 5.18. The Morgan fingerprint density at radius 2 is 1.86 bits per heavy atom. The standard InChI is InChI=1S/C22H23ClN2O4/c23-16-7-6-8-17(13-16)28-15-21(26)25-14-20(22(27)24-11-4-1-5-12-24)29-19-10-3-2-9-18(19)25/h2-3,6-10,13,20H,1,4-5,11-12,14-15H2/t20-/m0/s1. The monoisotopic (exact) mass is 414 g/mol. The first-order valence-corrected chi connectivity index (χ1v) is 10.2. The van der Waals surface area contributed by atoms with E-state index < -0.39 is 6.10 Å². The highest BCUT2D eigenvalue weighted by atomic mass is 35.5. The smallest absolute Gasteiger partial charge is 0.265 e. The van der Waals surface area contributed by atoms with Gasteiger partial charge in [-0.1, -0.05) is 29.8 Å². The van der Waals surface area contributed by atoms with E-state index in [4.69, 9.17) is 21.1 Å². The number of anilines is 1. The van der Waals surface area contributed by atoms with Crippen molar-refractivity contribution in [1.29, 1.82) is 0 Å². The van der Waals surface area contributed by atoms with Crippen LogP contribution in [0.4, 0.5) is 5.69 Å². The van der Waals surface area contributed by atoms with Crippen molar-refractivity contribution in [2.45, 2.75) is 25.4 Å². The van der Waals surface area contributed by atoms with Gasteiger partial charge in [-0.25, -0.2) is 0 Å². The average molecular weight is 415 g/mol. The van der Waals surface area contributed by atoms with Crippen LogP contribution < -0.4 is 14.4 Å². The van der Waals surface area contributed by atoms with E-state index in [1.807, 2.05) is 23.1 Å². The van der Waals surface area contributed by atoms with Gasteiger partial charge < -0.3 is 19.3 Å². The quantitative estimate of drug-likeness (QED) is 0.768. The predicted molar refractivity (Wildman–Crippen MR) is 111 cm³/mol. The first-order chi connectivity index (χ1) is 14.1. The molecule has 0 radical (unpaired) electrons. The molecule has 0 aromatic heterocycles. The van der Waals surface area contributed by atoms with Crippen molar-refractivity contribution < 1.29 is 19.1 Å². The van der Waals surface area contributed by atoms with Gasteiger partial charge in [-0.3, -0.25) is 9.59 Å². The number of ether oxygens (including phenoxy) is 2. The van der Waals surface area contributed by atoms with Crippen LogP contribution in [0, 0.1) is 0 Å². The summed E-state index contributed by atoms with van der Waals surface area (Å²) in [6, 6.07) is 14.2. The molecular formula is C22H23ClN2O4. The van der Waals surface area contributed by atoms with E-state index in [0.717, 1.165) is 32.4 Å². The lowest BCUT2D eigenvalue weighted by Gasteiger charge is -2.37. The normalized spacial score (nSPS) is 18.6. The molecule has 4 rings (SSSR count). The molecular weight excluding hydrogens is 392 g/mol. The van der Waals surface area contributed by atoms with Crippen molar-refractivity contribution in [2.75, 3.05) is 31.1 Å². The van der Waals surface area contributed by atoms with Gasteiger partial charge in [-0.15, -0.1) is 0 Å². The molecule has 0 unspecified atom stereocenters. The first-order valence-electron chi connectivity index (χ1n) is 9.85. The number of nitrogens with zero attached hydrogens (tertiary/aromatic N) is 2. The number of piperidine rings is 1. The van der Waals surface area contributed by atoms with Crippen LogP contribution in [0.5, 0.6) is 11.5 Å². The van der Waals surface area contributed by atoms with Gasteiger partial charge in [-0.05, 0) is 49.6 Å². The number of halogens is 1. The van der Waals surface area contributed by atoms with Gasteiger partial charge in [0.25, 0.3) is 11.8 Å². The molecule has 152 valence electrons. The number of rotatable bonds is 4. The van der Waals surface area contributed by atoms with E-state index in [1.54, 1.807) is 35.2 Å². The van der Waals surface area contributed by atoms with E-state index in [9.17, 15) is 9.59 Å². The topological polar surface area (TPSA) is 59.1 Å². The highest BCUT2D eigenvalue weighted by molar-refractivity contribution is 6.30. The molecule has 2 heterocycles. The lowest BCUT2D eigenvalue weighted by atomic mass is 10.1. The zero-order valence-corrected chi connectivity index (χ0v) is 16.8. The summed E-state index contributed by atoms with van der Waals surface area (Å²) in [5, 5.41) is 0.541. The predicted octanol–water partition coefficient (Wildman–Crippen LogP) is 3.53. The number of carbonyl (C=O) groups excluding carboxylic acids is 2. The summed E-state index contributed by atoms with van der Waals surface area (Å²) in [6.45, 7) is 1.50. The molecule has 2 aliphatic rings. The minimum absolute atomic E-state index is 0.0623. The molecule has 1 saturated heterocycles. The van der Waals surface area contributed by atoms with Gasteiger partial charge in [0.05, 0.1) is 12.2 Å². The molecule has 0 spiro atoms. The summed E-state index contributed by atoms with van der Waals surface area (Å²) in [5.74, 6) is 0.753. The summed E-state index contributed by atoms with van der Waals surface area (Å²) in [5.41, 5.74) is 0.648. The summed E-state index contributed by atoms with van der Waals surface area (Å²) in [7, 11) is 0.